The van der Waals surface area contributed by atoms with Crippen LogP contribution in [0.4, 0.5) is 0 Å². The first kappa shape index (κ1) is 16.2. The van der Waals surface area contributed by atoms with Gasteiger partial charge in [0.25, 0.3) is 0 Å². The molecule has 2 aromatic rings. The van der Waals surface area contributed by atoms with E-state index in [1.807, 2.05) is 17.9 Å². The minimum absolute atomic E-state index is 0.0400. The van der Waals surface area contributed by atoms with Gasteiger partial charge in [0.1, 0.15) is 5.76 Å². The number of likely N-dealkylation sites (tertiary alicyclic amines) is 1. The monoisotopic (exact) mass is 332 g/mol. The summed E-state index contributed by atoms with van der Waals surface area (Å²) in [5, 5.41) is 19.6. The summed E-state index contributed by atoms with van der Waals surface area (Å²) >= 11 is 0. The Bertz CT molecular complexity index is 728. The Balaban J connectivity index is 1.52. The van der Waals surface area contributed by atoms with Gasteiger partial charge in [-0.15, -0.1) is 0 Å². The number of carbonyl (C=O) groups is 2. The maximum atomic E-state index is 12.3. The second-order valence-corrected chi connectivity index (χ2v) is 6.16. The molecule has 2 aromatic heterocycles. The van der Waals surface area contributed by atoms with E-state index in [0.717, 1.165) is 24.2 Å². The van der Waals surface area contributed by atoms with Crippen LogP contribution < -0.4 is 0 Å². The van der Waals surface area contributed by atoms with Crippen LogP contribution in [0.15, 0.2) is 16.7 Å². The molecule has 0 aliphatic carbocycles. The van der Waals surface area contributed by atoms with Crippen LogP contribution >= 0.6 is 0 Å². The molecule has 0 unspecified atom stereocenters. The van der Waals surface area contributed by atoms with Gasteiger partial charge < -0.3 is 14.5 Å². The number of aromatic amines is 1. The Morgan fingerprint density at radius 2 is 2.08 bits per heavy atom. The third kappa shape index (κ3) is 3.81. The van der Waals surface area contributed by atoms with Gasteiger partial charge >= 0.3 is 5.97 Å². The van der Waals surface area contributed by atoms with E-state index in [2.05, 4.69) is 15.4 Å². The van der Waals surface area contributed by atoms with E-state index in [0.29, 0.717) is 24.5 Å². The van der Waals surface area contributed by atoms with E-state index in [9.17, 15) is 9.59 Å². The lowest BCUT2D eigenvalue weighted by atomic mass is 9.93. The number of hydrogen-bond acceptors (Lipinski definition) is 5. The fraction of sp³-hybridized carbons (Fsp3) is 0.500. The van der Waals surface area contributed by atoms with E-state index in [1.54, 1.807) is 6.07 Å². The van der Waals surface area contributed by atoms with E-state index >= 15 is 0 Å². The highest BCUT2D eigenvalue weighted by Crippen LogP contribution is 2.27. The maximum absolute atomic E-state index is 12.3. The highest BCUT2D eigenvalue weighted by Gasteiger charge is 2.26. The van der Waals surface area contributed by atoms with Crippen molar-refractivity contribution in [2.24, 2.45) is 0 Å². The standard InChI is InChI=1S/C16H20N4O4/c1-10-6-13(24-19-10)9-15(21)20-4-2-11(3-5-20)14-7-12(17-18-14)8-16(22)23/h6-7,11H,2-5,8-9H2,1H3,(H,17,18)(H,22,23). The summed E-state index contributed by atoms with van der Waals surface area (Å²) in [7, 11) is 0. The molecule has 0 aromatic carbocycles. The molecule has 0 radical (unpaired) electrons. The summed E-state index contributed by atoms with van der Waals surface area (Å²) in [6, 6.07) is 3.59. The number of aliphatic carboxylic acids is 1. The maximum Gasteiger partial charge on any atom is 0.309 e. The fourth-order valence-electron chi connectivity index (χ4n) is 3.03. The smallest absolute Gasteiger partial charge is 0.309 e. The molecule has 1 fully saturated rings. The molecule has 0 atom stereocenters. The van der Waals surface area contributed by atoms with Crippen molar-refractivity contribution in [3.63, 3.8) is 0 Å². The average molecular weight is 332 g/mol. The molecule has 0 spiro atoms. The summed E-state index contributed by atoms with van der Waals surface area (Å²) < 4.78 is 5.09. The molecular formula is C16H20N4O4. The number of nitrogens with zero attached hydrogens (tertiary/aromatic N) is 3. The zero-order valence-corrected chi connectivity index (χ0v) is 13.5. The van der Waals surface area contributed by atoms with Crippen LogP contribution in [0, 0.1) is 6.92 Å². The highest BCUT2D eigenvalue weighted by molar-refractivity contribution is 5.78. The van der Waals surface area contributed by atoms with E-state index < -0.39 is 5.97 Å². The molecule has 1 saturated heterocycles. The van der Waals surface area contributed by atoms with Crippen LogP contribution in [-0.4, -0.2) is 50.3 Å². The number of H-pyrrole nitrogens is 1. The highest BCUT2D eigenvalue weighted by atomic mass is 16.5. The number of amides is 1. The molecule has 24 heavy (non-hydrogen) atoms. The van der Waals surface area contributed by atoms with Crippen LogP contribution in [0.2, 0.25) is 0 Å². The first-order valence-electron chi connectivity index (χ1n) is 7.97. The summed E-state index contributed by atoms with van der Waals surface area (Å²) in [5.74, 6) is -0.00271. The molecular weight excluding hydrogens is 312 g/mol. The quantitative estimate of drug-likeness (QED) is 0.853. The average Bonchev–Trinajstić information content (AvgIpc) is 3.16. The Morgan fingerprint density at radius 3 is 2.71 bits per heavy atom. The Morgan fingerprint density at radius 1 is 1.33 bits per heavy atom. The predicted molar refractivity (Wildman–Crippen MR) is 83.4 cm³/mol. The number of carbonyl (C=O) groups excluding carboxylic acids is 1. The summed E-state index contributed by atoms with van der Waals surface area (Å²) in [5.41, 5.74) is 2.26. The lowest BCUT2D eigenvalue weighted by molar-refractivity contribution is -0.136. The largest absolute Gasteiger partial charge is 0.481 e. The molecule has 1 amide bonds. The van der Waals surface area contributed by atoms with Crippen LogP contribution in [0.5, 0.6) is 0 Å². The first-order valence-corrected chi connectivity index (χ1v) is 7.97. The second-order valence-electron chi connectivity index (χ2n) is 6.16. The van der Waals surface area contributed by atoms with Crippen molar-refractivity contribution < 1.29 is 19.2 Å². The zero-order chi connectivity index (χ0) is 17.1. The predicted octanol–water partition coefficient (Wildman–Crippen LogP) is 1.28. The minimum atomic E-state index is -0.881. The molecule has 0 saturated carbocycles. The molecule has 3 heterocycles. The topological polar surface area (TPSA) is 112 Å². The first-order chi connectivity index (χ1) is 11.5. The summed E-state index contributed by atoms with van der Waals surface area (Å²) in [6.07, 6.45) is 1.81. The van der Waals surface area contributed by atoms with Crippen molar-refractivity contribution in [2.75, 3.05) is 13.1 Å². The van der Waals surface area contributed by atoms with Crippen LogP contribution in [0.25, 0.3) is 0 Å². The molecule has 0 bridgehead atoms. The molecule has 2 N–H and O–H groups in total. The third-order valence-corrected chi connectivity index (χ3v) is 4.26. The van der Waals surface area contributed by atoms with Gasteiger partial charge in [-0.25, -0.2) is 0 Å². The molecule has 8 heteroatoms. The van der Waals surface area contributed by atoms with Crippen molar-refractivity contribution >= 4 is 11.9 Å². The SMILES string of the molecule is Cc1cc(CC(=O)N2CCC(c3cc(CC(=O)O)[nH]n3)CC2)on1. The van der Waals surface area contributed by atoms with Crippen LogP contribution in [0.1, 0.15) is 41.6 Å². The fourth-order valence-corrected chi connectivity index (χ4v) is 3.03. The number of piperidine rings is 1. The van der Waals surface area contributed by atoms with Gasteiger partial charge in [-0.2, -0.15) is 5.10 Å². The Kier molecular flexibility index (Phi) is 4.64. The second kappa shape index (κ2) is 6.86. The van der Waals surface area contributed by atoms with Gasteiger partial charge in [0, 0.05) is 30.8 Å². The molecule has 1 aliphatic heterocycles. The molecule has 128 valence electrons. The Hall–Kier alpha value is -2.64. The van der Waals surface area contributed by atoms with Crippen LogP contribution in [-0.2, 0) is 22.4 Å². The normalized spacial score (nSPS) is 15.6. The Labute approximate surface area is 138 Å². The molecule has 3 rings (SSSR count). The van der Waals surface area contributed by atoms with Gasteiger partial charge in [-0.05, 0) is 25.8 Å². The number of carboxylic acids is 1. The van der Waals surface area contributed by atoms with Crippen molar-refractivity contribution in [3.05, 3.63) is 35.0 Å². The molecule has 8 nitrogen and oxygen atoms in total. The van der Waals surface area contributed by atoms with E-state index in [1.165, 1.54) is 0 Å². The number of aryl methyl sites for hydroxylation is 1. The van der Waals surface area contributed by atoms with Gasteiger partial charge in [0.2, 0.25) is 5.91 Å². The molecule has 1 aliphatic rings. The van der Waals surface area contributed by atoms with Crippen molar-refractivity contribution in [3.8, 4) is 0 Å². The number of aromatic nitrogens is 3. The van der Waals surface area contributed by atoms with Gasteiger partial charge in [0.15, 0.2) is 0 Å². The summed E-state index contributed by atoms with van der Waals surface area (Å²) in [4.78, 5) is 24.8. The lowest BCUT2D eigenvalue weighted by Crippen LogP contribution is -2.38. The zero-order valence-electron chi connectivity index (χ0n) is 13.5. The minimum Gasteiger partial charge on any atom is -0.481 e. The van der Waals surface area contributed by atoms with E-state index in [4.69, 9.17) is 9.63 Å². The van der Waals surface area contributed by atoms with Crippen molar-refractivity contribution in [1.29, 1.82) is 0 Å². The summed E-state index contributed by atoms with van der Waals surface area (Å²) in [6.45, 7) is 3.15. The van der Waals surface area contributed by atoms with Gasteiger partial charge in [-0.1, -0.05) is 5.16 Å². The van der Waals surface area contributed by atoms with Crippen molar-refractivity contribution in [1.82, 2.24) is 20.3 Å². The van der Waals surface area contributed by atoms with Crippen LogP contribution in [0.3, 0.4) is 0 Å². The van der Waals surface area contributed by atoms with Crippen molar-refractivity contribution in [2.45, 2.75) is 38.5 Å². The number of carboxylic acid groups (broad SMARTS) is 1. The third-order valence-electron chi connectivity index (χ3n) is 4.26. The van der Waals surface area contributed by atoms with Gasteiger partial charge in [-0.3, -0.25) is 14.7 Å². The van der Waals surface area contributed by atoms with E-state index in [-0.39, 0.29) is 24.7 Å². The number of rotatable bonds is 5. The van der Waals surface area contributed by atoms with Gasteiger partial charge in [0.05, 0.1) is 24.2 Å². The number of hydrogen-bond donors (Lipinski definition) is 2. The lowest BCUT2D eigenvalue weighted by Gasteiger charge is -2.31. The number of nitrogens with one attached hydrogen (secondary N) is 1.